The first-order chi connectivity index (χ1) is 7.27. The van der Waals surface area contributed by atoms with Gasteiger partial charge in [0.25, 0.3) is 0 Å². The summed E-state index contributed by atoms with van der Waals surface area (Å²) in [6.45, 7) is 3.13. The first kappa shape index (κ1) is 12.2. The van der Waals surface area contributed by atoms with E-state index >= 15 is 0 Å². The van der Waals surface area contributed by atoms with E-state index in [1.165, 1.54) is 11.1 Å². The Labute approximate surface area is 92.1 Å². The second kappa shape index (κ2) is 6.59. The predicted molar refractivity (Wildman–Crippen MR) is 63.9 cm³/mol. The summed E-state index contributed by atoms with van der Waals surface area (Å²) in [6, 6.07) is 8.65. The molecule has 15 heavy (non-hydrogen) atoms. The molecule has 0 spiro atoms. The molecule has 0 saturated carbocycles. The van der Waals surface area contributed by atoms with E-state index in [-0.39, 0.29) is 0 Å². The van der Waals surface area contributed by atoms with Gasteiger partial charge in [-0.15, -0.1) is 0 Å². The summed E-state index contributed by atoms with van der Waals surface area (Å²) < 4.78 is 0. The molecule has 84 valence electrons. The molecule has 0 aliphatic rings. The summed E-state index contributed by atoms with van der Waals surface area (Å²) in [4.78, 5) is 0. The normalized spacial score (nSPS) is 12.7. The molecule has 0 aliphatic heterocycles. The van der Waals surface area contributed by atoms with Crippen molar-refractivity contribution in [2.24, 2.45) is 5.73 Å². The number of benzene rings is 1. The van der Waals surface area contributed by atoms with Crippen LogP contribution in [0, 0.1) is 0 Å². The lowest BCUT2D eigenvalue weighted by Crippen LogP contribution is -2.08. The van der Waals surface area contributed by atoms with Crippen LogP contribution in [0.4, 0.5) is 0 Å². The van der Waals surface area contributed by atoms with Gasteiger partial charge in [-0.05, 0) is 42.9 Å². The van der Waals surface area contributed by atoms with Crippen LogP contribution < -0.4 is 5.73 Å². The summed E-state index contributed by atoms with van der Waals surface area (Å²) in [5.74, 6) is 0.441. The Kier molecular flexibility index (Phi) is 5.37. The molecule has 1 rings (SSSR count). The first-order valence-corrected chi connectivity index (χ1v) is 5.67. The largest absolute Gasteiger partial charge is 0.396 e. The Balaban J connectivity index is 2.49. The summed E-state index contributed by atoms with van der Waals surface area (Å²) >= 11 is 0. The van der Waals surface area contributed by atoms with Gasteiger partial charge in [0.2, 0.25) is 0 Å². The summed E-state index contributed by atoms with van der Waals surface area (Å²) in [5.41, 5.74) is 8.27. The van der Waals surface area contributed by atoms with Crippen LogP contribution in [0.25, 0.3) is 0 Å². The molecule has 1 aromatic rings. The molecule has 0 aromatic heterocycles. The van der Waals surface area contributed by atoms with Crippen molar-refractivity contribution in [3.8, 4) is 0 Å². The summed E-state index contributed by atoms with van der Waals surface area (Å²) in [5, 5.41) is 8.68. The van der Waals surface area contributed by atoms with Crippen molar-refractivity contribution < 1.29 is 5.11 Å². The highest BCUT2D eigenvalue weighted by molar-refractivity contribution is 5.25. The highest BCUT2D eigenvalue weighted by Crippen LogP contribution is 2.15. The lowest BCUT2D eigenvalue weighted by Gasteiger charge is -2.09. The van der Waals surface area contributed by atoms with Crippen molar-refractivity contribution in [1.82, 2.24) is 0 Å². The highest BCUT2D eigenvalue weighted by atomic mass is 16.2. The first-order valence-electron chi connectivity index (χ1n) is 5.67. The molecule has 0 amide bonds. The van der Waals surface area contributed by atoms with Crippen LogP contribution in [0.15, 0.2) is 24.3 Å². The maximum atomic E-state index is 8.68. The topological polar surface area (TPSA) is 46.2 Å². The van der Waals surface area contributed by atoms with Crippen LogP contribution in [0.3, 0.4) is 0 Å². The van der Waals surface area contributed by atoms with E-state index in [1.54, 1.807) is 0 Å². The monoisotopic (exact) mass is 207 g/mol. The Morgan fingerprint density at radius 2 is 1.87 bits per heavy atom. The minimum absolute atomic E-state index is 0.294. The fourth-order valence-corrected chi connectivity index (χ4v) is 1.59. The van der Waals surface area contributed by atoms with Gasteiger partial charge in [-0.2, -0.15) is 0 Å². The molecule has 3 N–H and O–H groups in total. The number of unbranched alkanes of at least 4 members (excludes halogenated alkanes) is 1. The molecule has 1 aromatic carbocycles. The van der Waals surface area contributed by atoms with Crippen molar-refractivity contribution in [2.45, 2.75) is 32.1 Å². The Morgan fingerprint density at radius 3 is 2.40 bits per heavy atom. The number of aliphatic hydroxyl groups excluding tert-OH is 1. The molecule has 1 atom stereocenters. The number of aliphatic hydroxyl groups is 1. The maximum Gasteiger partial charge on any atom is 0.0431 e. The zero-order valence-corrected chi connectivity index (χ0v) is 9.45. The van der Waals surface area contributed by atoms with Gasteiger partial charge in [-0.25, -0.2) is 0 Å². The molecule has 0 aliphatic carbocycles. The van der Waals surface area contributed by atoms with Crippen molar-refractivity contribution in [3.05, 3.63) is 35.4 Å². The Bertz CT molecular complexity index is 268. The van der Waals surface area contributed by atoms with Gasteiger partial charge in [-0.3, -0.25) is 0 Å². The van der Waals surface area contributed by atoms with Gasteiger partial charge in [0.1, 0.15) is 0 Å². The van der Waals surface area contributed by atoms with Crippen molar-refractivity contribution in [3.63, 3.8) is 0 Å². The van der Waals surface area contributed by atoms with E-state index in [0.29, 0.717) is 19.1 Å². The van der Waals surface area contributed by atoms with Gasteiger partial charge < -0.3 is 10.8 Å². The molecule has 0 bridgehead atoms. The molecule has 1 unspecified atom stereocenters. The Hall–Kier alpha value is -0.860. The summed E-state index contributed by atoms with van der Waals surface area (Å²) in [7, 11) is 0. The molecule has 0 heterocycles. The third kappa shape index (κ3) is 4.02. The third-order valence-electron chi connectivity index (χ3n) is 2.78. The number of hydrogen-bond donors (Lipinski definition) is 2. The van der Waals surface area contributed by atoms with Crippen LogP contribution in [-0.2, 0) is 6.42 Å². The van der Waals surface area contributed by atoms with E-state index in [2.05, 4.69) is 31.2 Å². The smallest absolute Gasteiger partial charge is 0.0431 e. The van der Waals surface area contributed by atoms with Gasteiger partial charge in [-0.1, -0.05) is 31.2 Å². The summed E-state index contributed by atoms with van der Waals surface area (Å²) in [6.07, 6.45) is 3.00. The zero-order chi connectivity index (χ0) is 11.1. The van der Waals surface area contributed by atoms with E-state index < -0.39 is 0 Å². The third-order valence-corrected chi connectivity index (χ3v) is 2.78. The fraction of sp³-hybridized carbons (Fsp3) is 0.538. The van der Waals surface area contributed by atoms with E-state index in [4.69, 9.17) is 10.8 Å². The van der Waals surface area contributed by atoms with Crippen molar-refractivity contribution in [1.29, 1.82) is 0 Å². The predicted octanol–water partition coefficient (Wildman–Crippen LogP) is 2.06. The SMILES string of the molecule is CC(CN)c1ccc(CCCCO)cc1. The van der Waals surface area contributed by atoms with Crippen LogP contribution in [0.2, 0.25) is 0 Å². The lowest BCUT2D eigenvalue weighted by molar-refractivity contribution is 0.284. The second-order valence-electron chi connectivity index (χ2n) is 4.06. The molecule has 0 saturated heterocycles. The number of rotatable bonds is 6. The zero-order valence-electron chi connectivity index (χ0n) is 9.45. The number of aryl methyl sites for hydroxylation is 1. The van der Waals surface area contributed by atoms with Gasteiger partial charge in [0.15, 0.2) is 0 Å². The highest BCUT2D eigenvalue weighted by Gasteiger charge is 2.02. The average Bonchev–Trinajstić information content (AvgIpc) is 2.29. The van der Waals surface area contributed by atoms with E-state index in [9.17, 15) is 0 Å². The van der Waals surface area contributed by atoms with Gasteiger partial charge in [0.05, 0.1) is 0 Å². The van der Waals surface area contributed by atoms with Crippen LogP contribution >= 0.6 is 0 Å². The van der Waals surface area contributed by atoms with Crippen molar-refractivity contribution >= 4 is 0 Å². The second-order valence-corrected chi connectivity index (χ2v) is 4.06. The minimum Gasteiger partial charge on any atom is -0.396 e. The van der Waals surface area contributed by atoms with E-state index in [1.807, 2.05) is 0 Å². The van der Waals surface area contributed by atoms with E-state index in [0.717, 1.165) is 19.3 Å². The molecule has 0 radical (unpaired) electrons. The van der Waals surface area contributed by atoms with Crippen LogP contribution in [0.5, 0.6) is 0 Å². The standard InChI is InChI=1S/C13H21NO/c1-11(10-14)13-7-5-12(6-8-13)4-2-3-9-15/h5-8,11,15H,2-4,9-10,14H2,1H3. The van der Waals surface area contributed by atoms with Gasteiger partial charge in [0, 0.05) is 6.61 Å². The van der Waals surface area contributed by atoms with Crippen LogP contribution in [0.1, 0.15) is 36.8 Å². The maximum absolute atomic E-state index is 8.68. The number of hydrogen-bond acceptors (Lipinski definition) is 2. The fourth-order valence-electron chi connectivity index (χ4n) is 1.59. The Morgan fingerprint density at radius 1 is 1.20 bits per heavy atom. The molecule has 2 nitrogen and oxygen atoms in total. The lowest BCUT2D eigenvalue weighted by atomic mass is 9.98. The minimum atomic E-state index is 0.294. The molecule has 0 fully saturated rings. The van der Waals surface area contributed by atoms with Crippen LogP contribution in [-0.4, -0.2) is 18.3 Å². The van der Waals surface area contributed by atoms with Crippen molar-refractivity contribution in [2.75, 3.05) is 13.2 Å². The number of nitrogens with two attached hydrogens (primary N) is 1. The quantitative estimate of drug-likeness (QED) is 0.701. The molecular formula is C13H21NO. The molecular weight excluding hydrogens is 186 g/mol. The van der Waals surface area contributed by atoms with Gasteiger partial charge >= 0.3 is 0 Å². The molecule has 2 heteroatoms. The average molecular weight is 207 g/mol.